The van der Waals surface area contributed by atoms with Crippen molar-refractivity contribution in [1.29, 1.82) is 0 Å². The number of ether oxygens (including phenoxy) is 1. The molecule has 2 aromatic rings. The standard InChI is InChI=1S/C28H36N2O3/c1-18-13-14-20-16-19(2)24(17-21(20)15-18)26(33-23-11-7-4-8-12-23)25-27(31)30(28(32)29-25)22-9-5-3-6-10-22/h13-17,22-23,25-26H,3-12H2,1-2H3,(H,29,32). The molecule has 1 aliphatic heterocycles. The predicted octanol–water partition coefficient (Wildman–Crippen LogP) is 6.10. The quantitative estimate of drug-likeness (QED) is 0.562. The van der Waals surface area contributed by atoms with E-state index in [1.54, 1.807) is 0 Å². The Kier molecular flexibility index (Phi) is 6.42. The molecule has 2 unspecified atom stereocenters. The number of aryl methyl sites for hydroxylation is 2. The average molecular weight is 449 g/mol. The molecule has 2 aliphatic carbocycles. The van der Waals surface area contributed by atoms with E-state index in [0.717, 1.165) is 67.9 Å². The number of fused-ring (bicyclic) bond motifs is 1. The van der Waals surface area contributed by atoms with Crippen LogP contribution < -0.4 is 5.32 Å². The molecule has 5 rings (SSSR count). The SMILES string of the molecule is Cc1ccc2cc(C)c(C(OC3CCCCC3)C3NC(=O)N(C4CCCCC4)C3=O)cc2c1. The summed E-state index contributed by atoms with van der Waals surface area (Å²) in [6, 6.07) is 9.92. The number of imide groups is 1. The van der Waals surface area contributed by atoms with Gasteiger partial charge in [-0.1, -0.05) is 68.4 Å². The first-order valence-corrected chi connectivity index (χ1v) is 12.8. The summed E-state index contributed by atoms with van der Waals surface area (Å²) in [4.78, 5) is 28.2. The summed E-state index contributed by atoms with van der Waals surface area (Å²) in [6.45, 7) is 4.18. The Morgan fingerprint density at radius 3 is 2.30 bits per heavy atom. The number of carbonyl (C=O) groups excluding carboxylic acids is 2. The van der Waals surface area contributed by atoms with Gasteiger partial charge in [0.2, 0.25) is 0 Å². The summed E-state index contributed by atoms with van der Waals surface area (Å²) in [7, 11) is 0. The second-order valence-corrected chi connectivity index (χ2v) is 10.3. The second-order valence-electron chi connectivity index (χ2n) is 10.3. The van der Waals surface area contributed by atoms with Crippen molar-refractivity contribution in [2.45, 2.75) is 102 Å². The largest absolute Gasteiger partial charge is 0.368 e. The first-order chi connectivity index (χ1) is 16.0. The number of urea groups is 1. The van der Waals surface area contributed by atoms with E-state index in [-0.39, 0.29) is 24.1 Å². The highest BCUT2D eigenvalue weighted by atomic mass is 16.5. The Labute approximate surface area is 196 Å². The number of hydrogen-bond donors (Lipinski definition) is 1. The van der Waals surface area contributed by atoms with E-state index in [0.29, 0.717) is 0 Å². The molecule has 0 bridgehead atoms. The fourth-order valence-electron chi connectivity index (χ4n) is 6.00. The summed E-state index contributed by atoms with van der Waals surface area (Å²) in [5.74, 6) is -0.114. The molecule has 2 atom stereocenters. The fourth-order valence-corrected chi connectivity index (χ4v) is 6.00. The van der Waals surface area contributed by atoms with Crippen LogP contribution in [0.4, 0.5) is 4.79 Å². The highest BCUT2D eigenvalue weighted by molar-refractivity contribution is 6.05. The Morgan fingerprint density at radius 2 is 1.58 bits per heavy atom. The maximum absolute atomic E-state index is 13.7. The number of hydrogen-bond acceptors (Lipinski definition) is 3. The predicted molar refractivity (Wildman–Crippen MR) is 130 cm³/mol. The molecule has 0 radical (unpaired) electrons. The Balaban J connectivity index is 1.51. The minimum atomic E-state index is -0.665. The molecule has 1 heterocycles. The van der Waals surface area contributed by atoms with Crippen molar-refractivity contribution in [2.75, 3.05) is 0 Å². The number of benzene rings is 2. The lowest BCUT2D eigenvalue weighted by molar-refractivity contribution is -0.135. The molecule has 3 amide bonds. The van der Waals surface area contributed by atoms with Crippen molar-refractivity contribution in [1.82, 2.24) is 10.2 Å². The molecule has 33 heavy (non-hydrogen) atoms. The first-order valence-electron chi connectivity index (χ1n) is 12.8. The molecule has 5 nitrogen and oxygen atoms in total. The van der Waals surface area contributed by atoms with E-state index >= 15 is 0 Å². The second kappa shape index (κ2) is 9.46. The van der Waals surface area contributed by atoms with Crippen molar-refractivity contribution in [3.63, 3.8) is 0 Å². The van der Waals surface area contributed by atoms with Crippen LogP contribution in [0.3, 0.4) is 0 Å². The molecule has 5 heteroatoms. The van der Waals surface area contributed by atoms with Crippen LogP contribution in [0, 0.1) is 13.8 Å². The fraction of sp³-hybridized carbons (Fsp3) is 0.571. The summed E-state index contributed by atoms with van der Waals surface area (Å²) >= 11 is 0. The van der Waals surface area contributed by atoms with Crippen molar-refractivity contribution >= 4 is 22.7 Å². The molecule has 3 fully saturated rings. The van der Waals surface area contributed by atoms with Gasteiger partial charge in [0.1, 0.15) is 12.1 Å². The number of nitrogens with zero attached hydrogens (tertiary/aromatic N) is 1. The minimum Gasteiger partial charge on any atom is -0.368 e. The van der Waals surface area contributed by atoms with Gasteiger partial charge >= 0.3 is 6.03 Å². The summed E-state index contributed by atoms with van der Waals surface area (Å²) < 4.78 is 6.71. The number of amides is 3. The van der Waals surface area contributed by atoms with Crippen LogP contribution in [0.15, 0.2) is 30.3 Å². The molecular formula is C28H36N2O3. The molecule has 2 saturated carbocycles. The van der Waals surface area contributed by atoms with Gasteiger partial charge in [0.15, 0.2) is 0 Å². The maximum Gasteiger partial charge on any atom is 0.325 e. The summed E-state index contributed by atoms with van der Waals surface area (Å²) in [6.07, 6.45) is 10.4. The van der Waals surface area contributed by atoms with Crippen LogP contribution in [-0.4, -0.2) is 35.0 Å². The Hall–Kier alpha value is -2.40. The topological polar surface area (TPSA) is 58.6 Å². The molecule has 1 N–H and O–H groups in total. The molecule has 0 aromatic heterocycles. The number of nitrogens with one attached hydrogen (secondary N) is 1. The lowest BCUT2D eigenvalue weighted by Crippen LogP contribution is -2.43. The van der Waals surface area contributed by atoms with Crippen LogP contribution >= 0.6 is 0 Å². The third-order valence-corrected chi connectivity index (χ3v) is 7.82. The van der Waals surface area contributed by atoms with Gasteiger partial charge in [-0.25, -0.2) is 4.79 Å². The molecule has 176 valence electrons. The normalized spacial score (nSPS) is 23.8. The third kappa shape index (κ3) is 4.52. The zero-order valence-corrected chi connectivity index (χ0v) is 19.9. The average Bonchev–Trinajstić information content (AvgIpc) is 3.12. The summed E-state index contributed by atoms with van der Waals surface area (Å²) in [5, 5.41) is 5.37. The molecule has 2 aromatic carbocycles. The van der Waals surface area contributed by atoms with E-state index in [4.69, 9.17) is 4.74 Å². The van der Waals surface area contributed by atoms with Crippen LogP contribution in [0.25, 0.3) is 10.8 Å². The monoisotopic (exact) mass is 448 g/mol. The summed E-state index contributed by atoms with van der Waals surface area (Å²) in [5.41, 5.74) is 3.32. The van der Waals surface area contributed by atoms with Gasteiger partial charge in [0, 0.05) is 6.04 Å². The Morgan fingerprint density at radius 1 is 0.879 bits per heavy atom. The van der Waals surface area contributed by atoms with E-state index in [9.17, 15) is 9.59 Å². The minimum absolute atomic E-state index is 0.0203. The third-order valence-electron chi connectivity index (χ3n) is 7.82. The van der Waals surface area contributed by atoms with E-state index < -0.39 is 12.1 Å². The van der Waals surface area contributed by atoms with Crippen molar-refractivity contribution in [2.24, 2.45) is 0 Å². The lowest BCUT2D eigenvalue weighted by atomic mass is 9.91. The zero-order chi connectivity index (χ0) is 22.9. The van der Waals surface area contributed by atoms with E-state index in [1.165, 1.54) is 28.7 Å². The van der Waals surface area contributed by atoms with Crippen molar-refractivity contribution < 1.29 is 14.3 Å². The molecule has 3 aliphatic rings. The molecular weight excluding hydrogens is 412 g/mol. The van der Waals surface area contributed by atoms with Gasteiger partial charge in [-0.3, -0.25) is 9.69 Å². The highest BCUT2D eigenvalue weighted by Crippen LogP contribution is 2.36. The first kappa shape index (κ1) is 22.4. The smallest absolute Gasteiger partial charge is 0.325 e. The van der Waals surface area contributed by atoms with Gasteiger partial charge in [0.25, 0.3) is 5.91 Å². The van der Waals surface area contributed by atoms with Gasteiger partial charge in [-0.05, 0) is 67.5 Å². The van der Waals surface area contributed by atoms with Gasteiger partial charge in [-0.15, -0.1) is 0 Å². The van der Waals surface area contributed by atoms with Crippen LogP contribution in [0.5, 0.6) is 0 Å². The lowest BCUT2D eigenvalue weighted by Gasteiger charge is -2.32. The Bertz CT molecular complexity index is 1040. The van der Waals surface area contributed by atoms with Gasteiger partial charge in [0.05, 0.1) is 6.10 Å². The molecule has 0 spiro atoms. The van der Waals surface area contributed by atoms with Crippen molar-refractivity contribution in [3.8, 4) is 0 Å². The maximum atomic E-state index is 13.7. The van der Waals surface area contributed by atoms with Crippen LogP contribution in [0.1, 0.15) is 87.0 Å². The van der Waals surface area contributed by atoms with Crippen molar-refractivity contribution in [3.05, 3.63) is 47.0 Å². The zero-order valence-electron chi connectivity index (χ0n) is 19.9. The molecule has 1 saturated heterocycles. The van der Waals surface area contributed by atoms with Crippen LogP contribution in [0.2, 0.25) is 0 Å². The van der Waals surface area contributed by atoms with Crippen LogP contribution in [-0.2, 0) is 9.53 Å². The van der Waals surface area contributed by atoms with E-state index in [2.05, 4.69) is 49.5 Å². The highest BCUT2D eigenvalue weighted by Gasteiger charge is 2.47. The van der Waals surface area contributed by atoms with Gasteiger partial charge in [-0.2, -0.15) is 0 Å². The number of carbonyl (C=O) groups is 2. The number of rotatable bonds is 5. The van der Waals surface area contributed by atoms with Gasteiger partial charge < -0.3 is 10.1 Å². The van der Waals surface area contributed by atoms with E-state index in [1.807, 2.05) is 0 Å².